The highest BCUT2D eigenvalue weighted by molar-refractivity contribution is 7.99. The third kappa shape index (κ3) is 3.48. The Hall–Kier alpha value is -1.16. The highest BCUT2D eigenvalue weighted by Crippen LogP contribution is 2.36. The molecule has 0 unspecified atom stereocenters. The van der Waals surface area contributed by atoms with E-state index >= 15 is 0 Å². The number of hydrogen-bond acceptors (Lipinski definition) is 3. The van der Waals surface area contributed by atoms with E-state index < -0.39 is 5.97 Å². The Labute approximate surface area is 125 Å². The Morgan fingerprint density at radius 3 is 2.65 bits per heavy atom. The molecule has 4 heteroatoms. The first kappa shape index (κ1) is 15.2. The van der Waals surface area contributed by atoms with Crippen molar-refractivity contribution in [1.29, 1.82) is 0 Å². The summed E-state index contributed by atoms with van der Waals surface area (Å²) in [7, 11) is 0. The zero-order valence-electron chi connectivity index (χ0n) is 12.4. The molecule has 1 aromatic carbocycles. The first-order valence-corrected chi connectivity index (χ1v) is 8.28. The van der Waals surface area contributed by atoms with Crippen molar-refractivity contribution in [3.63, 3.8) is 0 Å². The van der Waals surface area contributed by atoms with Crippen LogP contribution in [-0.2, 0) is 0 Å². The molecule has 2 rings (SSSR count). The van der Waals surface area contributed by atoms with Crippen LogP contribution in [0.1, 0.15) is 44.0 Å². The van der Waals surface area contributed by atoms with Gasteiger partial charge in [0.2, 0.25) is 0 Å². The second-order valence-corrected chi connectivity index (χ2v) is 6.88. The largest absolute Gasteiger partial charge is 0.478 e. The molecule has 1 N–H and O–H groups in total. The average Bonchev–Trinajstić information content (AvgIpc) is 3.19. The van der Waals surface area contributed by atoms with Crippen LogP contribution in [-0.4, -0.2) is 29.4 Å². The fourth-order valence-corrected chi connectivity index (χ4v) is 3.24. The Balaban J connectivity index is 2.40. The van der Waals surface area contributed by atoms with Crippen LogP contribution in [0.4, 0.5) is 5.69 Å². The molecule has 0 amide bonds. The van der Waals surface area contributed by atoms with Crippen LogP contribution in [0.5, 0.6) is 0 Å². The van der Waals surface area contributed by atoms with Gasteiger partial charge in [0.05, 0.1) is 11.3 Å². The van der Waals surface area contributed by atoms with Crippen LogP contribution >= 0.6 is 11.8 Å². The normalized spacial score (nSPS) is 14.6. The minimum absolute atomic E-state index is 0.315. The molecule has 0 saturated heterocycles. The fourth-order valence-electron chi connectivity index (χ4n) is 2.42. The van der Waals surface area contributed by atoms with Gasteiger partial charge in [-0.1, -0.05) is 13.0 Å². The van der Waals surface area contributed by atoms with Gasteiger partial charge in [0.1, 0.15) is 0 Å². The average molecular weight is 293 g/mol. The second kappa shape index (κ2) is 6.53. The Morgan fingerprint density at radius 2 is 2.15 bits per heavy atom. The maximum Gasteiger partial charge on any atom is 0.338 e. The van der Waals surface area contributed by atoms with Gasteiger partial charge in [0.15, 0.2) is 0 Å². The van der Waals surface area contributed by atoms with Crippen molar-refractivity contribution in [3.05, 3.63) is 23.8 Å². The van der Waals surface area contributed by atoms with Crippen LogP contribution in [0.25, 0.3) is 0 Å². The Kier molecular flexibility index (Phi) is 4.97. The number of carboxylic acid groups (broad SMARTS) is 1. The number of benzene rings is 1. The van der Waals surface area contributed by atoms with Crippen molar-refractivity contribution in [2.24, 2.45) is 5.92 Å². The summed E-state index contributed by atoms with van der Waals surface area (Å²) in [5.41, 5.74) is 1.34. The molecule has 0 aromatic heterocycles. The number of carbonyl (C=O) groups is 1. The minimum atomic E-state index is -0.821. The zero-order chi connectivity index (χ0) is 14.7. The predicted octanol–water partition coefficient (Wildman–Crippen LogP) is 4.12. The molecule has 20 heavy (non-hydrogen) atoms. The molecular weight excluding hydrogens is 270 g/mol. The molecule has 110 valence electrons. The molecular formula is C16H23NO2S. The summed E-state index contributed by atoms with van der Waals surface area (Å²) in [5.74, 6) is 0.799. The highest BCUT2D eigenvalue weighted by Gasteiger charge is 2.28. The van der Waals surface area contributed by atoms with E-state index in [1.54, 1.807) is 11.8 Å². The van der Waals surface area contributed by atoms with Crippen LogP contribution < -0.4 is 4.90 Å². The van der Waals surface area contributed by atoms with Crippen molar-refractivity contribution in [2.75, 3.05) is 17.2 Å². The van der Waals surface area contributed by atoms with Gasteiger partial charge in [0.25, 0.3) is 0 Å². The minimum Gasteiger partial charge on any atom is -0.478 e. The fraction of sp³-hybridized carbons (Fsp3) is 0.562. The van der Waals surface area contributed by atoms with E-state index in [4.69, 9.17) is 0 Å². The SMILES string of the molecule is CCSc1cccc(N(CC2CC2)C(C)C)c1C(=O)O. The van der Waals surface area contributed by atoms with Gasteiger partial charge >= 0.3 is 5.97 Å². The van der Waals surface area contributed by atoms with Gasteiger partial charge in [-0.15, -0.1) is 11.8 Å². The zero-order valence-corrected chi connectivity index (χ0v) is 13.2. The number of carboxylic acids is 1. The molecule has 1 aromatic rings. The molecule has 0 aliphatic heterocycles. The summed E-state index contributed by atoms with van der Waals surface area (Å²) >= 11 is 1.60. The van der Waals surface area contributed by atoms with Crippen molar-refractivity contribution in [3.8, 4) is 0 Å². The monoisotopic (exact) mass is 293 g/mol. The molecule has 0 atom stereocenters. The number of hydrogen-bond donors (Lipinski definition) is 1. The number of anilines is 1. The Morgan fingerprint density at radius 1 is 1.45 bits per heavy atom. The standard InChI is InChI=1S/C16H23NO2S/c1-4-20-14-7-5-6-13(15(14)16(18)19)17(11(2)3)10-12-8-9-12/h5-7,11-12H,4,8-10H2,1-3H3,(H,18,19). The topological polar surface area (TPSA) is 40.5 Å². The predicted molar refractivity (Wildman–Crippen MR) is 85.0 cm³/mol. The maximum atomic E-state index is 11.7. The van der Waals surface area contributed by atoms with Crippen LogP contribution in [0.3, 0.4) is 0 Å². The third-order valence-corrected chi connectivity index (χ3v) is 4.54. The Bertz CT molecular complexity index is 483. The number of rotatable bonds is 7. The molecule has 1 aliphatic rings. The molecule has 1 fully saturated rings. The molecule has 0 spiro atoms. The summed E-state index contributed by atoms with van der Waals surface area (Å²) in [6, 6.07) is 6.15. The summed E-state index contributed by atoms with van der Waals surface area (Å²) in [6.45, 7) is 7.28. The molecule has 0 bridgehead atoms. The van der Waals surface area contributed by atoms with Crippen LogP contribution in [0, 0.1) is 5.92 Å². The lowest BCUT2D eigenvalue weighted by atomic mass is 10.1. The molecule has 0 radical (unpaired) electrons. The van der Waals surface area contributed by atoms with E-state index in [1.807, 2.05) is 25.1 Å². The quantitative estimate of drug-likeness (QED) is 0.768. The maximum absolute atomic E-state index is 11.7. The van der Waals surface area contributed by atoms with E-state index in [0.717, 1.165) is 28.8 Å². The molecule has 1 saturated carbocycles. The van der Waals surface area contributed by atoms with Gasteiger partial charge in [-0.05, 0) is 50.5 Å². The van der Waals surface area contributed by atoms with Crippen LogP contribution in [0.15, 0.2) is 23.1 Å². The van der Waals surface area contributed by atoms with Gasteiger partial charge < -0.3 is 10.0 Å². The van der Waals surface area contributed by atoms with Crippen molar-refractivity contribution in [1.82, 2.24) is 0 Å². The number of thioether (sulfide) groups is 1. The molecule has 3 nitrogen and oxygen atoms in total. The lowest BCUT2D eigenvalue weighted by Gasteiger charge is -2.31. The van der Waals surface area contributed by atoms with Gasteiger partial charge in [-0.25, -0.2) is 4.79 Å². The van der Waals surface area contributed by atoms with Gasteiger partial charge in [-0.2, -0.15) is 0 Å². The summed E-state index contributed by atoms with van der Waals surface area (Å²) in [4.78, 5) is 14.8. The lowest BCUT2D eigenvalue weighted by Crippen LogP contribution is -2.34. The first-order chi connectivity index (χ1) is 9.54. The van der Waals surface area contributed by atoms with Crippen molar-refractivity contribution in [2.45, 2.75) is 44.6 Å². The summed E-state index contributed by atoms with van der Waals surface area (Å²) in [6.07, 6.45) is 2.55. The lowest BCUT2D eigenvalue weighted by molar-refractivity contribution is 0.0693. The van der Waals surface area contributed by atoms with E-state index in [9.17, 15) is 9.90 Å². The summed E-state index contributed by atoms with van der Waals surface area (Å²) < 4.78 is 0. The van der Waals surface area contributed by atoms with Crippen molar-refractivity contribution >= 4 is 23.4 Å². The van der Waals surface area contributed by atoms with E-state index in [1.165, 1.54) is 12.8 Å². The van der Waals surface area contributed by atoms with Crippen LogP contribution in [0.2, 0.25) is 0 Å². The highest BCUT2D eigenvalue weighted by atomic mass is 32.2. The van der Waals surface area contributed by atoms with E-state index in [2.05, 4.69) is 18.7 Å². The molecule has 0 heterocycles. The van der Waals surface area contributed by atoms with E-state index in [0.29, 0.717) is 11.6 Å². The van der Waals surface area contributed by atoms with Gasteiger partial charge in [0, 0.05) is 17.5 Å². The van der Waals surface area contributed by atoms with E-state index in [-0.39, 0.29) is 0 Å². The van der Waals surface area contributed by atoms with Crippen molar-refractivity contribution < 1.29 is 9.90 Å². The van der Waals surface area contributed by atoms with Gasteiger partial charge in [-0.3, -0.25) is 0 Å². The number of aromatic carboxylic acids is 1. The second-order valence-electron chi connectivity index (χ2n) is 5.58. The third-order valence-electron chi connectivity index (χ3n) is 3.60. The smallest absolute Gasteiger partial charge is 0.338 e. The molecule has 1 aliphatic carbocycles. The number of nitrogens with zero attached hydrogens (tertiary/aromatic N) is 1. The summed E-state index contributed by atoms with van der Waals surface area (Å²) in [5, 5.41) is 9.61. The first-order valence-electron chi connectivity index (χ1n) is 7.30.